The summed E-state index contributed by atoms with van der Waals surface area (Å²) in [6, 6.07) is 7.02. The minimum Gasteiger partial charge on any atom is -0.373 e. The lowest BCUT2D eigenvalue weighted by Crippen LogP contribution is -2.48. The van der Waals surface area contributed by atoms with Crippen LogP contribution in [0.25, 0.3) is 10.8 Å². The molecule has 0 spiro atoms. The van der Waals surface area contributed by atoms with Crippen LogP contribution in [0.3, 0.4) is 0 Å². The maximum atomic E-state index is 12.9. The van der Waals surface area contributed by atoms with E-state index in [9.17, 15) is 8.42 Å². The second kappa shape index (κ2) is 5.36. The number of hydrogen-bond acceptors (Lipinski definition) is 4. The maximum absolute atomic E-state index is 12.9. The molecule has 112 valence electrons. The van der Waals surface area contributed by atoms with Crippen LogP contribution in [0.1, 0.15) is 13.8 Å². The molecule has 0 bridgehead atoms. The summed E-state index contributed by atoms with van der Waals surface area (Å²) in [5.41, 5.74) is 0. The van der Waals surface area contributed by atoms with E-state index in [1.807, 2.05) is 19.9 Å². The SMILES string of the molecule is CC1CN(S(=O)(=O)c2cccc3cnccc23)CC(C)O1. The Bertz CT molecular complexity index is 745. The van der Waals surface area contributed by atoms with E-state index < -0.39 is 10.0 Å². The van der Waals surface area contributed by atoms with Crippen molar-refractivity contribution >= 4 is 20.8 Å². The summed E-state index contributed by atoms with van der Waals surface area (Å²) in [6.45, 7) is 4.55. The van der Waals surface area contributed by atoms with Gasteiger partial charge in [0.2, 0.25) is 10.0 Å². The molecule has 1 aromatic heterocycles. The van der Waals surface area contributed by atoms with E-state index in [1.54, 1.807) is 30.6 Å². The van der Waals surface area contributed by atoms with E-state index >= 15 is 0 Å². The van der Waals surface area contributed by atoms with E-state index in [1.165, 1.54) is 4.31 Å². The molecule has 0 aliphatic carbocycles. The monoisotopic (exact) mass is 306 g/mol. The molecule has 0 saturated carbocycles. The van der Waals surface area contributed by atoms with Crippen LogP contribution in [0.4, 0.5) is 0 Å². The lowest BCUT2D eigenvalue weighted by Gasteiger charge is -2.34. The van der Waals surface area contributed by atoms with Crippen LogP contribution < -0.4 is 0 Å². The molecule has 1 saturated heterocycles. The topological polar surface area (TPSA) is 59.5 Å². The molecule has 3 rings (SSSR count). The Labute approximate surface area is 124 Å². The van der Waals surface area contributed by atoms with Crippen LogP contribution in [0.2, 0.25) is 0 Å². The summed E-state index contributed by atoms with van der Waals surface area (Å²) in [4.78, 5) is 4.38. The van der Waals surface area contributed by atoms with Gasteiger partial charge in [0.1, 0.15) is 0 Å². The van der Waals surface area contributed by atoms with E-state index in [4.69, 9.17) is 4.74 Å². The van der Waals surface area contributed by atoms with Crippen molar-refractivity contribution in [3.63, 3.8) is 0 Å². The fourth-order valence-electron chi connectivity index (χ4n) is 2.78. The van der Waals surface area contributed by atoms with Crippen molar-refractivity contribution in [1.82, 2.24) is 9.29 Å². The van der Waals surface area contributed by atoms with Gasteiger partial charge in [-0.2, -0.15) is 4.31 Å². The molecule has 2 aromatic rings. The zero-order valence-corrected chi connectivity index (χ0v) is 12.9. The van der Waals surface area contributed by atoms with Crippen LogP contribution in [-0.4, -0.2) is 43.0 Å². The number of rotatable bonds is 2. The van der Waals surface area contributed by atoms with Gasteiger partial charge in [0, 0.05) is 36.3 Å². The summed E-state index contributed by atoms with van der Waals surface area (Å²) in [5.74, 6) is 0. The first-order valence-electron chi connectivity index (χ1n) is 6.97. The first-order valence-corrected chi connectivity index (χ1v) is 8.41. The fourth-order valence-corrected chi connectivity index (χ4v) is 4.59. The summed E-state index contributed by atoms with van der Waals surface area (Å²) in [5, 5.41) is 1.53. The highest BCUT2D eigenvalue weighted by Gasteiger charge is 2.32. The molecular weight excluding hydrogens is 288 g/mol. The van der Waals surface area contributed by atoms with Crippen LogP contribution >= 0.6 is 0 Å². The number of sulfonamides is 1. The van der Waals surface area contributed by atoms with Gasteiger partial charge in [-0.25, -0.2) is 8.42 Å². The Morgan fingerprint density at radius 1 is 1.19 bits per heavy atom. The number of pyridine rings is 1. The van der Waals surface area contributed by atoms with Gasteiger partial charge in [-0.05, 0) is 26.0 Å². The molecule has 2 unspecified atom stereocenters. The first kappa shape index (κ1) is 14.4. The molecule has 0 N–H and O–H groups in total. The van der Waals surface area contributed by atoms with Gasteiger partial charge in [-0.15, -0.1) is 0 Å². The minimum absolute atomic E-state index is 0.0971. The van der Waals surface area contributed by atoms with Gasteiger partial charge in [-0.3, -0.25) is 4.98 Å². The molecule has 6 heteroatoms. The van der Waals surface area contributed by atoms with Gasteiger partial charge in [0.15, 0.2) is 0 Å². The average molecular weight is 306 g/mol. The second-order valence-electron chi connectivity index (χ2n) is 5.43. The lowest BCUT2D eigenvalue weighted by atomic mass is 10.2. The first-order chi connectivity index (χ1) is 9.98. The van der Waals surface area contributed by atoms with Crippen molar-refractivity contribution < 1.29 is 13.2 Å². The van der Waals surface area contributed by atoms with Crippen molar-refractivity contribution in [1.29, 1.82) is 0 Å². The number of hydrogen-bond donors (Lipinski definition) is 0. The molecule has 5 nitrogen and oxygen atoms in total. The quantitative estimate of drug-likeness (QED) is 0.852. The summed E-state index contributed by atoms with van der Waals surface area (Å²) in [6.07, 6.45) is 3.10. The van der Waals surface area contributed by atoms with Gasteiger partial charge >= 0.3 is 0 Å². The number of fused-ring (bicyclic) bond motifs is 1. The van der Waals surface area contributed by atoms with E-state index in [0.717, 1.165) is 5.39 Å². The van der Waals surface area contributed by atoms with E-state index in [0.29, 0.717) is 23.4 Å². The Morgan fingerprint density at radius 2 is 1.90 bits per heavy atom. The number of nitrogens with zero attached hydrogens (tertiary/aromatic N) is 2. The normalized spacial score (nSPS) is 24.3. The molecular formula is C15H18N2O3S. The zero-order valence-electron chi connectivity index (χ0n) is 12.1. The molecule has 0 amide bonds. The third kappa shape index (κ3) is 2.66. The third-order valence-electron chi connectivity index (χ3n) is 3.64. The molecule has 1 aliphatic heterocycles. The highest BCUT2D eigenvalue weighted by Crippen LogP contribution is 2.27. The predicted octanol–water partition coefficient (Wildman–Crippen LogP) is 2.03. The van der Waals surface area contributed by atoms with Gasteiger partial charge in [0.25, 0.3) is 0 Å². The summed E-state index contributed by atoms with van der Waals surface area (Å²) in [7, 11) is -3.53. The molecule has 2 heterocycles. The van der Waals surface area contributed by atoms with Crippen molar-refractivity contribution in [3.05, 3.63) is 36.7 Å². The highest BCUT2D eigenvalue weighted by atomic mass is 32.2. The maximum Gasteiger partial charge on any atom is 0.243 e. The smallest absolute Gasteiger partial charge is 0.243 e. The van der Waals surface area contributed by atoms with Crippen LogP contribution in [-0.2, 0) is 14.8 Å². The fraction of sp³-hybridized carbons (Fsp3) is 0.400. The molecule has 0 radical (unpaired) electrons. The Morgan fingerprint density at radius 3 is 2.62 bits per heavy atom. The standard InChI is InChI=1S/C15H18N2O3S/c1-11-9-17(10-12(2)20-11)21(18,19)15-5-3-4-13-8-16-7-6-14(13)15/h3-8,11-12H,9-10H2,1-2H3. The second-order valence-corrected chi connectivity index (χ2v) is 7.34. The van der Waals surface area contributed by atoms with E-state index in [2.05, 4.69) is 4.98 Å². The van der Waals surface area contributed by atoms with Crippen molar-refractivity contribution in [2.45, 2.75) is 31.0 Å². The molecule has 1 fully saturated rings. The highest BCUT2D eigenvalue weighted by molar-refractivity contribution is 7.89. The van der Waals surface area contributed by atoms with E-state index in [-0.39, 0.29) is 12.2 Å². The number of ether oxygens (including phenoxy) is 1. The minimum atomic E-state index is -3.53. The van der Waals surface area contributed by atoms with Crippen molar-refractivity contribution in [2.75, 3.05) is 13.1 Å². The number of benzene rings is 1. The Hall–Kier alpha value is -1.50. The van der Waals surface area contributed by atoms with Gasteiger partial charge < -0.3 is 4.74 Å². The Kier molecular flexibility index (Phi) is 3.69. The van der Waals surface area contributed by atoms with Crippen molar-refractivity contribution in [3.8, 4) is 0 Å². The molecule has 21 heavy (non-hydrogen) atoms. The number of aromatic nitrogens is 1. The van der Waals surface area contributed by atoms with Gasteiger partial charge in [-0.1, -0.05) is 12.1 Å². The molecule has 2 atom stereocenters. The molecule has 1 aliphatic rings. The summed E-state index contributed by atoms with van der Waals surface area (Å²) >= 11 is 0. The van der Waals surface area contributed by atoms with Gasteiger partial charge in [0.05, 0.1) is 17.1 Å². The largest absolute Gasteiger partial charge is 0.373 e. The number of morpholine rings is 1. The van der Waals surface area contributed by atoms with Crippen LogP contribution in [0.15, 0.2) is 41.6 Å². The predicted molar refractivity (Wildman–Crippen MR) is 80.5 cm³/mol. The lowest BCUT2D eigenvalue weighted by molar-refractivity contribution is -0.0440. The van der Waals surface area contributed by atoms with Crippen molar-refractivity contribution in [2.24, 2.45) is 0 Å². The van der Waals surface area contributed by atoms with Crippen LogP contribution in [0, 0.1) is 0 Å². The third-order valence-corrected chi connectivity index (χ3v) is 5.53. The average Bonchev–Trinajstić information content (AvgIpc) is 2.45. The molecule has 1 aromatic carbocycles. The Balaban J connectivity index is 2.08. The summed E-state index contributed by atoms with van der Waals surface area (Å²) < 4.78 is 33.0. The zero-order chi connectivity index (χ0) is 15.0. The van der Waals surface area contributed by atoms with Crippen LogP contribution in [0.5, 0.6) is 0 Å².